The van der Waals surface area contributed by atoms with Gasteiger partial charge in [-0.15, -0.1) is 11.8 Å². The molecule has 0 heterocycles. The van der Waals surface area contributed by atoms with Crippen LogP contribution in [0.3, 0.4) is 0 Å². The minimum atomic E-state index is -0.619. The Morgan fingerprint density at radius 2 is 1.81 bits per heavy atom. The van der Waals surface area contributed by atoms with Gasteiger partial charge in [0.15, 0.2) is 6.61 Å². The van der Waals surface area contributed by atoms with Gasteiger partial charge in [-0.3, -0.25) is 9.59 Å². The third-order valence-corrected chi connectivity index (χ3v) is 4.48. The van der Waals surface area contributed by atoms with Crippen molar-refractivity contribution in [1.82, 2.24) is 5.32 Å². The van der Waals surface area contributed by atoms with Crippen LogP contribution in [0.25, 0.3) is 0 Å². The molecule has 2 N–H and O–H groups in total. The Bertz CT molecular complexity index is 806. The topological polar surface area (TPSA) is 84.5 Å². The van der Waals surface area contributed by atoms with Crippen molar-refractivity contribution in [3.8, 4) is 0 Å². The van der Waals surface area contributed by atoms with Crippen LogP contribution in [0.4, 0.5) is 5.69 Å². The first kappa shape index (κ1) is 20.5. The standard InChI is InChI=1S/C20H22N2O4S/c1-14-6-8-18(9-7-14)27-11-10-21-19(24)13-26-20(25)16-4-3-5-17(12-16)22-15(2)23/h3-9,12H,10-11,13H2,1-2H3,(H,21,24)(H,22,23). The van der Waals surface area contributed by atoms with Crippen LogP contribution in [0, 0.1) is 6.92 Å². The van der Waals surface area contributed by atoms with Crippen LogP contribution in [0.5, 0.6) is 0 Å². The predicted molar refractivity (Wildman–Crippen MR) is 106 cm³/mol. The number of thioether (sulfide) groups is 1. The summed E-state index contributed by atoms with van der Waals surface area (Å²) in [7, 11) is 0. The molecule has 2 aromatic rings. The number of hydrogen-bond acceptors (Lipinski definition) is 5. The normalized spacial score (nSPS) is 10.1. The SMILES string of the molecule is CC(=O)Nc1cccc(C(=O)OCC(=O)NCCSc2ccc(C)cc2)c1. The van der Waals surface area contributed by atoms with Crippen molar-refractivity contribution in [3.05, 3.63) is 59.7 Å². The fourth-order valence-electron chi connectivity index (χ4n) is 2.19. The second-order valence-corrected chi connectivity index (χ2v) is 7.02. The molecule has 2 aromatic carbocycles. The second-order valence-electron chi connectivity index (χ2n) is 5.85. The van der Waals surface area contributed by atoms with E-state index < -0.39 is 5.97 Å². The molecule has 2 rings (SSSR count). The summed E-state index contributed by atoms with van der Waals surface area (Å²) >= 11 is 1.64. The second kappa shape index (κ2) is 10.4. The molecule has 0 aliphatic rings. The number of rotatable bonds is 8. The Labute approximate surface area is 162 Å². The predicted octanol–water partition coefficient (Wildman–Crippen LogP) is 3.02. The van der Waals surface area contributed by atoms with E-state index in [1.165, 1.54) is 18.6 Å². The molecule has 0 aliphatic heterocycles. The summed E-state index contributed by atoms with van der Waals surface area (Å²) in [5.74, 6) is -0.484. The highest BCUT2D eigenvalue weighted by Crippen LogP contribution is 2.17. The van der Waals surface area contributed by atoms with Gasteiger partial charge in [0.05, 0.1) is 5.56 Å². The Hall–Kier alpha value is -2.80. The van der Waals surface area contributed by atoms with Crippen molar-refractivity contribution in [1.29, 1.82) is 0 Å². The van der Waals surface area contributed by atoms with Crippen molar-refractivity contribution in [2.24, 2.45) is 0 Å². The van der Waals surface area contributed by atoms with E-state index in [1.807, 2.05) is 31.2 Å². The molecule has 0 aliphatic carbocycles. The van der Waals surface area contributed by atoms with Crippen molar-refractivity contribution in [2.75, 3.05) is 24.2 Å². The summed E-state index contributed by atoms with van der Waals surface area (Å²) in [6.07, 6.45) is 0. The van der Waals surface area contributed by atoms with E-state index in [2.05, 4.69) is 10.6 Å². The summed E-state index contributed by atoms with van der Waals surface area (Å²) in [6.45, 7) is 3.55. The highest BCUT2D eigenvalue weighted by atomic mass is 32.2. The first-order valence-electron chi connectivity index (χ1n) is 8.45. The first-order chi connectivity index (χ1) is 12.9. The van der Waals surface area contributed by atoms with E-state index in [4.69, 9.17) is 4.74 Å². The molecule has 7 heteroatoms. The van der Waals surface area contributed by atoms with Crippen molar-refractivity contribution >= 4 is 35.2 Å². The maximum atomic E-state index is 12.0. The molecular weight excluding hydrogens is 364 g/mol. The van der Waals surface area contributed by atoms with Gasteiger partial charge in [0.1, 0.15) is 0 Å². The number of carbonyl (C=O) groups excluding carboxylic acids is 3. The lowest BCUT2D eigenvalue weighted by atomic mass is 10.2. The largest absolute Gasteiger partial charge is 0.452 e. The molecule has 0 bridgehead atoms. The number of amides is 2. The van der Waals surface area contributed by atoms with Crippen LogP contribution in [-0.2, 0) is 14.3 Å². The molecule has 0 atom stereocenters. The van der Waals surface area contributed by atoms with Crippen molar-refractivity contribution < 1.29 is 19.1 Å². The van der Waals surface area contributed by atoms with E-state index in [1.54, 1.807) is 30.0 Å². The molecule has 6 nitrogen and oxygen atoms in total. The number of benzene rings is 2. The number of hydrogen-bond donors (Lipinski definition) is 2. The number of esters is 1. The monoisotopic (exact) mass is 386 g/mol. The Morgan fingerprint density at radius 1 is 1.07 bits per heavy atom. The molecular formula is C20H22N2O4S. The number of carbonyl (C=O) groups is 3. The molecule has 0 aromatic heterocycles. The summed E-state index contributed by atoms with van der Waals surface area (Å²) in [5, 5.41) is 5.30. The molecule has 0 saturated heterocycles. The fraction of sp³-hybridized carbons (Fsp3) is 0.250. The number of ether oxygens (including phenoxy) is 1. The molecule has 0 radical (unpaired) electrons. The third-order valence-electron chi connectivity index (χ3n) is 3.47. The van der Waals surface area contributed by atoms with Crippen LogP contribution in [-0.4, -0.2) is 36.7 Å². The number of aryl methyl sites for hydroxylation is 1. The maximum Gasteiger partial charge on any atom is 0.338 e. The Morgan fingerprint density at radius 3 is 2.52 bits per heavy atom. The zero-order chi connectivity index (χ0) is 19.6. The smallest absolute Gasteiger partial charge is 0.338 e. The van der Waals surface area contributed by atoms with Gasteiger partial charge in [0.2, 0.25) is 5.91 Å². The summed E-state index contributed by atoms with van der Waals surface area (Å²) in [4.78, 5) is 36.0. The van der Waals surface area contributed by atoms with E-state index >= 15 is 0 Å². The minimum absolute atomic E-state index is 0.233. The molecule has 2 amide bonds. The lowest BCUT2D eigenvalue weighted by molar-refractivity contribution is -0.124. The minimum Gasteiger partial charge on any atom is -0.452 e. The van der Waals surface area contributed by atoms with Gasteiger partial charge in [-0.1, -0.05) is 23.8 Å². The van der Waals surface area contributed by atoms with Crippen molar-refractivity contribution in [2.45, 2.75) is 18.7 Å². The average Bonchev–Trinajstić information content (AvgIpc) is 2.64. The van der Waals surface area contributed by atoms with E-state index in [9.17, 15) is 14.4 Å². The van der Waals surface area contributed by atoms with Crippen LogP contribution < -0.4 is 10.6 Å². The van der Waals surface area contributed by atoms with Gasteiger partial charge < -0.3 is 15.4 Å². The van der Waals surface area contributed by atoms with Crippen LogP contribution in [0.15, 0.2) is 53.4 Å². The Balaban J connectivity index is 1.69. The van der Waals surface area contributed by atoms with Gasteiger partial charge >= 0.3 is 5.97 Å². The lowest BCUT2D eigenvalue weighted by Crippen LogP contribution is -2.30. The molecule has 0 unspecified atom stereocenters. The molecule has 0 saturated carbocycles. The quantitative estimate of drug-likeness (QED) is 0.414. The summed E-state index contributed by atoms with van der Waals surface area (Å²) < 4.78 is 5.01. The zero-order valence-electron chi connectivity index (χ0n) is 15.3. The molecule has 0 fully saturated rings. The van der Waals surface area contributed by atoms with Crippen LogP contribution in [0.1, 0.15) is 22.8 Å². The summed E-state index contributed by atoms with van der Waals surface area (Å²) in [5.41, 5.74) is 1.97. The van der Waals surface area contributed by atoms with E-state index in [-0.39, 0.29) is 24.0 Å². The van der Waals surface area contributed by atoms with Gasteiger partial charge in [-0.25, -0.2) is 4.79 Å². The van der Waals surface area contributed by atoms with Gasteiger partial charge in [0.25, 0.3) is 5.91 Å². The van der Waals surface area contributed by atoms with E-state index in [0.717, 1.165) is 10.6 Å². The number of anilines is 1. The number of nitrogens with one attached hydrogen (secondary N) is 2. The van der Waals surface area contributed by atoms with Gasteiger partial charge in [0, 0.05) is 29.8 Å². The third kappa shape index (κ3) is 7.53. The van der Waals surface area contributed by atoms with Gasteiger partial charge in [-0.2, -0.15) is 0 Å². The van der Waals surface area contributed by atoms with Crippen LogP contribution in [0.2, 0.25) is 0 Å². The van der Waals surface area contributed by atoms with Gasteiger partial charge in [-0.05, 0) is 37.3 Å². The lowest BCUT2D eigenvalue weighted by Gasteiger charge is -2.08. The van der Waals surface area contributed by atoms with Crippen molar-refractivity contribution in [3.63, 3.8) is 0 Å². The fourth-order valence-corrected chi connectivity index (χ4v) is 2.95. The summed E-state index contributed by atoms with van der Waals surface area (Å²) in [6, 6.07) is 14.5. The zero-order valence-corrected chi connectivity index (χ0v) is 16.1. The highest BCUT2D eigenvalue weighted by Gasteiger charge is 2.11. The maximum absolute atomic E-state index is 12.0. The van der Waals surface area contributed by atoms with Crippen LogP contribution >= 0.6 is 11.8 Å². The highest BCUT2D eigenvalue weighted by molar-refractivity contribution is 7.99. The first-order valence-corrected chi connectivity index (χ1v) is 9.43. The Kier molecular flexibility index (Phi) is 7.88. The molecule has 27 heavy (non-hydrogen) atoms. The molecule has 0 spiro atoms. The average molecular weight is 386 g/mol. The molecule has 142 valence electrons. The van der Waals surface area contributed by atoms with E-state index in [0.29, 0.717) is 12.2 Å².